The van der Waals surface area contributed by atoms with E-state index in [0.717, 1.165) is 11.3 Å². The van der Waals surface area contributed by atoms with Crippen molar-refractivity contribution in [3.8, 4) is 17.1 Å². The van der Waals surface area contributed by atoms with Crippen LogP contribution in [-0.4, -0.2) is 23.0 Å². The number of nitrogens with zero attached hydrogens (tertiary/aromatic N) is 2. The molecule has 0 bridgehead atoms. The van der Waals surface area contributed by atoms with Crippen LogP contribution in [0.2, 0.25) is 0 Å². The Balaban J connectivity index is 2.15. The minimum Gasteiger partial charge on any atom is -0.497 e. The SMILES string of the molecule is CCC(=O)Cc1nc(-c2ccc(OC)cc2)no1. The Bertz CT molecular complexity index is 531. The van der Waals surface area contributed by atoms with E-state index in [2.05, 4.69) is 10.1 Å². The molecule has 0 saturated carbocycles. The van der Waals surface area contributed by atoms with Crippen LogP contribution >= 0.6 is 0 Å². The molecule has 0 amide bonds. The van der Waals surface area contributed by atoms with Gasteiger partial charge in [0.15, 0.2) is 0 Å². The number of carbonyl (C=O) groups excluding carboxylic acids is 1. The summed E-state index contributed by atoms with van der Waals surface area (Å²) < 4.78 is 10.1. The van der Waals surface area contributed by atoms with Crippen LogP contribution in [0.3, 0.4) is 0 Å². The number of hydrogen-bond acceptors (Lipinski definition) is 5. The number of ketones is 1. The molecule has 2 aromatic rings. The van der Waals surface area contributed by atoms with Crippen molar-refractivity contribution in [3.05, 3.63) is 30.2 Å². The highest BCUT2D eigenvalue weighted by atomic mass is 16.5. The van der Waals surface area contributed by atoms with Crippen molar-refractivity contribution in [3.63, 3.8) is 0 Å². The van der Waals surface area contributed by atoms with Gasteiger partial charge in [-0.25, -0.2) is 0 Å². The van der Waals surface area contributed by atoms with Crippen LogP contribution in [-0.2, 0) is 11.2 Å². The van der Waals surface area contributed by atoms with Crippen molar-refractivity contribution in [1.29, 1.82) is 0 Å². The monoisotopic (exact) mass is 246 g/mol. The van der Waals surface area contributed by atoms with Crippen molar-refractivity contribution in [2.45, 2.75) is 19.8 Å². The molecule has 5 nitrogen and oxygen atoms in total. The van der Waals surface area contributed by atoms with Gasteiger partial charge in [-0.1, -0.05) is 12.1 Å². The van der Waals surface area contributed by atoms with Crippen molar-refractivity contribution < 1.29 is 14.1 Å². The molecule has 2 rings (SSSR count). The average molecular weight is 246 g/mol. The fourth-order valence-electron chi connectivity index (χ4n) is 1.48. The molecule has 0 atom stereocenters. The molecule has 0 unspecified atom stereocenters. The van der Waals surface area contributed by atoms with E-state index in [4.69, 9.17) is 9.26 Å². The van der Waals surface area contributed by atoms with Crippen LogP contribution < -0.4 is 4.74 Å². The second-order valence-electron chi connectivity index (χ2n) is 3.81. The molecule has 94 valence electrons. The summed E-state index contributed by atoms with van der Waals surface area (Å²) in [6.07, 6.45) is 0.667. The minimum absolute atomic E-state index is 0.0833. The Morgan fingerprint density at radius 3 is 2.67 bits per heavy atom. The van der Waals surface area contributed by atoms with Crippen LogP contribution in [0, 0.1) is 0 Å². The van der Waals surface area contributed by atoms with Gasteiger partial charge in [0.2, 0.25) is 11.7 Å². The van der Waals surface area contributed by atoms with Crippen molar-refractivity contribution in [1.82, 2.24) is 10.1 Å². The van der Waals surface area contributed by atoms with Gasteiger partial charge < -0.3 is 9.26 Å². The van der Waals surface area contributed by atoms with Gasteiger partial charge in [-0.15, -0.1) is 0 Å². The van der Waals surface area contributed by atoms with Gasteiger partial charge in [0.25, 0.3) is 0 Å². The summed E-state index contributed by atoms with van der Waals surface area (Å²) in [5.74, 6) is 1.69. The second-order valence-corrected chi connectivity index (χ2v) is 3.81. The zero-order valence-electron chi connectivity index (χ0n) is 10.3. The number of carbonyl (C=O) groups is 1. The molecule has 1 heterocycles. The maximum Gasteiger partial charge on any atom is 0.234 e. The Morgan fingerprint density at radius 2 is 2.06 bits per heavy atom. The molecule has 0 aliphatic carbocycles. The van der Waals surface area contributed by atoms with E-state index in [0.29, 0.717) is 18.1 Å². The van der Waals surface area contributed by atoms with E-state index >= 15 is 0 Å². The topological polar surface area (TPSA) is 65.2 Å². The van der Waals surface area contributed by atoms with E-state index in [9.17, 15) is 4.79 Å². The quantitative estimate of drug-likeness (QED) is 0.809. The maximum atomic E-state index is 11.3. The molecule has 0 spiro atoms. The van der Waals surface area contributed by atoms with E-state index < -0.39 is 0 Å². The van der Waals surface area contributed by atoms with E-state index in [1.165, 1.54) is 0 Å². The third-order valence-corrected chi connectivity index (χ3v) is 2.56. The molecule has 0 radical (unpaired) electrons. The number of aromatic nitrogens is 2. The smallest absolute Gasteiger partial charge is 0.234 e. The lowest BCUT2D eigenvalue weighted by atomic mass is 10.2. The van der Waals surface area contributed by atoms with Crippen LogP contribution in [0.1, 0.15) is 19.2 Å². The standard InChI is InChI=1S/C13H14N2O3/c1-3-10(16)8-12-14-13(15-18-12)9-4-6-11(17-2)7-5-9/h4-7H,3,8H2,1-2H3. The predicted molar refractivity (Wildman–Crippen MR) is 65.3 cm³/mol. The van der Waals surface area contributed by atoms with Crippen LogP contribution in [0.15, 0.2) is 28.8 Å². The maximum absolute atomic E-state index is 11.3. The van der Waals surface area contributed by atoms with Gasteiger partial charge >= 0.3 is 0 Å². The highest BCUT2D eigenvalue weighted by Crippen LogP contribution is 2.19. The first-order valence-corrected chi connectivity index (χ1v) is 5.71. The third-order valence-electron chi connectivity index (χ3n) is 2.56. The first-order chi connectivity index (χ1) is 8.72. The number of Topliss-reactive ketones (excluding diaryl/α,β-unsaturated/α-hetero) is 1. The highest BCUT2D eigenvalue weighted by molar-refractivity contribution is 5.79. The Hall–Kier alpha value is -2.17. The molecular weight excluding hydrogens is 232 g/mol. The molecular formula is C13H14N2O3. The van der Waals surface area contributed by atoms with E-state index in [1.54, 1.807) is 7.11 Å². The van der Waals surface area contributed by atoms with Crippen molar-refractivity contribution in [2.24, 2.45) is 0 Å². The first-order valence-electron chi connectivity index (χ1n) is 5.71. The molecule has 0 saturated heterocycles. The molecule has 0 fully saturated rings. The largest absolute Gasteiger partial charge is 0.497 e. The molecule has 1 aromatic carbocycles. The molecule has 1 aromatic heterocycles. The number of ether oxygens (including phenoxy) is 1. The summed E-state index contributed by atoms with van der Waals surface area (Å²) in [6, 6.07) is 7.33. The lowest BCUT2D eigenvalue weighted by Crippen LogP contribution is -2.00. The summed E-state index contributed by atoms with van der Waals surface area (Å²) in [6.45, 7) is 1.81. The zero-order chi connectivity index (χ0) is 13.0. The van der Waals surface area contributed by atoms with Crippen LogP contribution in [0.25, 0.3) is 11.4 Å². The number of methoxy groups -OCH3 is 1. The Kier molecular flexibility index (Phi) is 3.72. The van der Waals surface area contributed by atoms with Gasteiger partial charge in [-0.05, 0) is 24.3 Å². The average Bonchev–Trinajstić information content (AvgIpc) is 2.87. The third kappa shape index (κ3) is 2.74. The summed E-state index contributed by atoms with van der Waals surface area (Å²) in [4.78, 5) is 15.5. The lowest BCUT2D eigenvalue weighted by Gasteiger charge is -1.98. The Morgan fingerprint density at radius 1 is 1.33 bits per heavy atom. The van der Waals surface area contributed by atoms with Gasteiger partial charge in [-0.2, -0.15) is 4.98 Å². The summed E-state index contributed by atoms with van der Waals surface area (Å²) in [7, 11) is 1.61. The molecule has 18 heavy (non-hydrogen) atoms. The first kappa shape index (κ1) is 12.3. The number of hydrogen-bond donors (Lipinski definition) is 0. The predicted octanol–water partition coefficient (Wildman–Crippen LogP) is 2.27. The number of benzene rings is 1. The van der Waals surface area contributed by atoms with Crippen molar-refractivity contribution >= 4 is 5.78 Å². The normalized spacial score (nSPS) is 10.3. The molecule has 0 aliphatic rings. The van der Waals surface area contributed by atoms with Crippen LogP contribution in [0.4, 0.5) is 0 Å². The van der Waals surface area contributed by atoms with Crippen molar-refractivity contribution in [2.75, 3.05) is 7.11 Å². The van der Waals surface area contributed by atoms with E-state index in [-0.39, 0.29) is 12.2 Å². The minimum atomic E-state index is 0.0833. The van der Waals surface area contributed by atoms with Gasteiger partial charge in [-0.3, -0.25) is 4.79 Å². The van der Waals surface area contributed by atoms with Gasteiger partial charge in [0.1, 0.15) is 11.5 Å². The zero-order valence-corrected chi connectivity index (χ0v) is 10.3. The van der Waals surface area contributed by atoms with Gasteiger partial charge in [0, 0.05) is 12.0 Å². The fraction of sp³-hybridized carbons (Fsp3) is 0.308. The van der Waals surface area contributed by atoms with E-state index in [1.807, 2.05) is 31.2 Å². The summed E-state index contributed by atoms with van der Waals surface area (Å²) in [5.41, 5.74) is 0.828. The second kappa shape index (κ2) is 5.44. The van der Waals surface area contributed by atoms with Gasteiger partial charge in [0.05, 0.1) is 13.5 Å². The highest BCUT2D eigenvalue weighted by Gasteiger charge is 2.11. The molecule has 0 aliphatic heterocycles. The number of rotatable bonds is 5. The lowest BCUT2D eigenvalue weighted by molar-refractivity contribution is -0.118. The molecule has 5 heteroatoms. The summed E-state index contributed by atoms with van der Waals surface area (Å²) >= 11 is 0. The van der Waals surface area contributed by atoms with Crippen LogP contribution in [0.5, 0.6) is 5.75 Å². The molecule has 0 N–H and O–H groups in total. The Labute approximate surface area is 105 Å². The fourth-order valence-corrected chi connectivity index (χ4v) is 1.48. The summed E-state index contributed by atoms with van der Waals surface area (Å²) in [5, 5.41) is 3.85.